The first-order chi connectivity index (χ1) is 12.2. The Labute approximate surface area is 147 Å². The maximum absolute atomic E-state index is 11.0. The Morgan fingerprint density at radius 1 is 1.04 bits per heavy atom. The van der Waals surface area contributed by atoms with E-state index in [2.05, 4.69) is 22.0 Å². The third-order valence-electron chi connectivity index (χ3n) is 4.57. The molecule has 0 aliphatic carbocycles. The zero-order chi connectivity index (χ0) is 17.6. The number of piperazine rings is 1. The summed E-state index contributed by atoms with van der Waals surface area (Å²) in [5.74, 6) is 0. The van der Waals surface area contributed by atoms with E-state index in [1.54, 1.807) is 0 Å². The van der Waals surface area contributed by atoms with Crippen LogP contribution < -0.4 is 4.90 Å². The lowest BCUT2D eigenvalue weighted by atomic mass is 10.1. The number of aromatic nitrogens is 1. The molecule has 1 aromatic heterocycles. The molecule has 1 aliphatic heterocycles. The van der Waals surface area contributed by atoms with Crippen LogP contribution in [-0.4, -0.2) is 52.4 Å². The number of nitrogens with zero attached hydrogens (tertiary/aromatic N) is 3. The molecule has 3 rings (SSSR count). The van der Waals surface area contributed by atoms with Crippen LogP contribution in [0.4, 0.5) is 10.5 Å². The van der Waals surface area contributed by atoms with Crippen molar-refractivity contribution < 1.29 is 15.0 Å². The third-order valence-corrected chi connectivity index (χ3v) is 4.57. The number of aryl methyl sites for hydroxylation is 2. The molecule has 132 valence electrons. The van der Waals surface area contributed by atoms with Crippen molar-refractivity contribution in [2.45, 2.75) is 19.4 Å². The number of benzene rings is 1. The second kappa shape index (κ2) is 7.98. The Hall–Kier alpha value is -2.60. The number of carboxylic acid groups (broad SMARTS) is 1. The van der Waals surface area contributed by atoms with Gasteiger partial charge in [-0.3, -0.25) is 4.98 Å². The Balaban J connectivity index is 1.54. The molecule has 0 spiro atoms. The lowest BCUT2D eigenvalue weighted by Gasteiger charge is -2.34. The van der Waals surface area contributed by atoms with Crippen LogP contribution in [0.25, 0.3) is 0 Å². The van der Waals surface area contributed by atoms with Gasteiger partial charge < -0.3 is 20.0 Å². The number of aliphatic hydroxyl groups excluding tert-OH is 1. The number of anilines is 1. The Bertz CT molecular complexity index is 710. The molecule has 2 aromatic rings. The van der Waals surface area contributed by atoms with Crippen LogP contribution in [0.2, 0.25) is 0 Å². The van der Waals surface area contributed by atoms with Crippen LogP contribution in [0.3, 0.4) is 0 Å². The van der Waals surface area contributed by atoms with Gasteiger partial charge >= 0.3 is 6.09 Å². The summed E-state index contributed by atoms with van der Waals surface area (Å²) in [5, 5.41) is 18.2. The number of pyridine rings is 1. The fraction of sp³-hybridized carbons (Fsp3) is 0.368. The van der Waals surface area contributed by atoms with Crippen molar-refractivity contribution in [3.05, 3.63) is 59.4 Å². The predicted octanol–water partition coefficient (Wildman–Crippen LogP) is 2.16. The van der Waals surface area contributed by atoms with E-state index in [1.165, 1.54) is 10.5 Å². The summed E-state index contributed by atoms with van der Waals surface area (Å²) in [7, 11) is 0. The predicted molar refractivity (Wildman–Crippen MR) is 95.8 cm³/mol. The van der Waals surface area contributed by atoms with E-state index in [1.807, 2.05) is 30.5 Å². The van der Waals surface area contributed by atoms with Crippen molar-refractivity contribution in [2.75, 3.05) is 31.1 Å². The second-order valence-corrected chi connectivity index (χ2v) is 6.24. The summed E-state index contributed by atoms with van der Waals surface area (Å²) in [5.41, 5.74) is 4.20. The summed E-state index contributed by atoms with van der Waals surface area (Å²) in [6, 6.07) is 12.1. The number of hydrogen-bond acceptors (Lipinski definition) is 4. The molecule has 6 nitrogen and oxygen atoms in total. The number of rotatable bonds is 5. The molecule has 0 bridgehead atoms. The molecular weight excluding hydrogens is 318 g/mol. The van der Waals surface area contributed by atoms with Crippen LogP contribution >= 0.6 is 0 Å². The highest BCUT2D eigenvalue weighted by atomic mass is 16.4. The fourth-order valence-electron chi connectivity index (χ4n) is 3.06. The van der Waals surface area contributed by atoms with Gasteiger partial charge in [-0.05, 0) is 36.1 Å². The molecule has 0 unspecified atom stereocenters. The molecule has 0 atom stereocenters. The van der Waals surface area contributed by atoms with Crippen molar-refractivity contribution >= 4 is 11.8 Å². The van der Waals surface area contributed by atoms with Gasteiger partial charge in [0.2, 0.25) is 0 Å². The van der Waals surface area contributed by atoms with Crippen molar-refractivity contribution in [1.82, 2.24) is 9.88 Å². The minimum Gasteiger partial charge on any atom is -0.465 e. The van der Waals surface area contributed by atoms with Gasteiger partial charge in [0.05, 0.1) is 18.5 Å². The highest BCUT2D eigenvalue weighted by molar-refractivity contribution is 5.65. The van der Waals surface area contributed by atoms with Crippen molar-refractivity contribution in [1.29, 1.82) is 0 Å². The van der Waals surface area contributed by atoms with Gasteiger partial charge in [-0.15, -0.1) is 0 Å². The van der Waals surface area contributed by atoms with Gasteiger partial charge in [-0.1, -0.05) is 24.3 Å². The highest BCUT2D eigenvalue weighted by Crippen LogP contribution is 2.17. The maximum Gasteiger partial charge on any atom is 0.407 e. The highest BCUT2D eigenvalue weighted by Gasteiger charge is 2.20. The molecule has 1 fully saturated rings. The quantitative estimate of drug-likeness (QED) is 0.871. The smallest absolute Gasteiger partial charge is 0.407 e. The number of aliphatic hydroxyl groups is 1. The average molecular weight is 341 g/mol. The SMILES string of the molecule is O=C(O)N1CCN(c2ccc(CCc3cccc(CO)c3)nc2)CC1. The molecule has 2 heterocycles. The van der Waals surface area contributed by atoms with E-state index in [9.17, 15) is 9.90 Å². The number of carbonyl (C=O) groups is 1. The van der Waals surface area contributed by atoms with Gasteiger partial charge in [-0.25, -0.2) is 4.79 Å². The average Bonchev–Trinajstić information content (AvgIpc) is 2.67. The van der Waals surface area contributed by atoms with Crippen LogP contribution in [0.1, 0.15) is 16.8 Å². The molecule has 1 amide bonds. The van der Waals surface area contributed by atoms with E-state index in [0.717, 1.165) is 29.8 Å². The molecule has 25 heavy (non-hydrogen) atoms. The second-order valence-electron chi connectivity index (χ2n) is 6.24. The molecule has 1 aromatic carbocycles. The number of amides is 1. The van der Waals surface area contributed by atoms with Gasteiger partial charge in [0.1, 0.15) is 0 Å². The normalized spacial score (nSPS) is 14.6. The molecule has 1 saturated heterocycles. The zero-order valence-electron chi connectivity index (χ0n) is 14.1. The lowest BCUT2D eigenvalue weighted by molar-refractivity contribution is 0.142. The summed E-state index contributed by atoms with van der Waals surface area (Å²) in [6.07, 6.45) is 2.76. The Morgan fingerprint density at radius 3 is 2.44 bits per heavy atom. The first kappa shape index (κ1) is 17.2. The van der Waals surface area contributed by atoms with Gasteiger partial charge in [0, 0.05) is 31.9 Å². The van der Waals surface area contributed by atoms with E-state index >= 15 is 0 Å². The molecule has 1 aliphatic rings. The van der Waals surface area contributed by atoms with E-state index in [-0.39, 0.29) is 6.61 Å². The van der Waals surface area contributed by atoms with Gasteiger partial charge in [0.15, 0.2) is 0 Å². The van der Waals surface area contributed by atoms with Crippen LogP contribution in [0.5, 0.6) is 0 Å². The zero-order valence-corrected chi connectivity index (χ0v) is 14.1. The number of hydrogen-bond donors (Lipinski definition) is 2. The molecule has 0 saturated carbocycles. The maximum atomic E-state index is 11.0. The minimum atomic E-state index is -0.849. The largest absolute Gasteiger partial charge is 0.465 e. The van der Waals surface area contributed by atoms with E-state index in [4.69, 9.17) is 5.11 Å². The summed E-state index contributed by atoms with van der Waals surface area (Å²) < 4.78 is 0. The Morgan fingerprint density at radius 2 is 1.80 bits per heavy atom. The van der Waals surface area contributed by atoms with Crippen molar-refractivity contribution in [2.24, 2.45) is 0 Å². The standard InChI is InChI=1S/C19H23N3O3/c23-14-16-3-1-2-15(12-16)4-5-17-6-7-18(13-20-17)21-8-10-22(11-9-21)19(24)25/h1-3,6-7,12-13,23H,4-5,8-11,14H2,(H,24,25). The topological polar surface area (TPSA) is 76.9 Å². The van der Waals surface area contributed by atoms with Crippen LogP contribution in [0, 0.1) is 0 Å². The Kier molecular flexibility index (Phi) is 5.50. The lowest BCUT2D eigenvalue weighted by Crippen LogP contribution is -2.48. The molecular formula is C19H23N3O3. The molecule has 2 N–H and O–H groups in total. The summed E-state index contributed by atoms with van der Waals surface area (Å²) in [6.45, 7) is 2.51. The fourth-order valence-corrected chi connectivity index (χ4v) is 3.06. The third kappa shape index (κ3) is 4.48. The first-order valence-corrected chi connectivity index (χ1v) is 8.52. The van der Waals surface area contributed by atoms with Gasteiger partial charge in [-0.2, -0.15) is 0 Å². The van der Waals surface area contributed by atoms with Crippen molar-refractivity contribution in [3.8, 4) is 0 Å². The van der Waals surface area contributed by atoms with E-state index < -0.39 is 6.09 Å². The van der Waals surface area contributed by atoms with E-state index in [0.29, 0.717) is 26.2 Å². The monoisotopic (exact) mass is 341 g/mol. The molecule has 0 radical (unpaired) electrons. The summed E-state index contributed by atoms with van der Waals surface area (Å²) >= 11 is 0. The first-order valence-electron chi connectivity index (χ1n) is 8.52. The van der Waals surface area contributed by atoms with Crippen LogP contribution in [-0.2, 0) is 19.4 Å². The molecule has 6 heteroatoms. The summed E-state index contributed by atoms with van der Waals surface area (Å²) in [4.78, 5) is 19.1. The minimum absolute atomic E-state index is 0.0654. The van der Waals surface area contributed by atoms with Crippen LogP contribution in [0.15, 0.2) is 42.6 Å². The van der Waals surface area contributed by atoms with Crippen molar-refractivity contribution in [3.63, 3.8) is 0 Å². The van der Waals surface area contributed by atoms with Gasteiger partial charge in [0.25, 0.3) is 0 Å².